The summed E-state index contributed by atoms with van der Waals surface area (Å²) in [5.74, 6) is 0.555. The van der Waals surface area contributed by atoms with E-state index in [9.17, 15) is 4.39 Å². The molecule has 0 aromatic heterocycles. The maximum Gasteiger partial charge on any atom is 0.146 e. The monoisotopic (exact) mass is 264 g/mol. The van der Waals surface area contributed by atoms with E-state index in [0.29, 0.717) is 11.6 Å². The summed E-state index contributed by atoms with van der Waals surface area (Å²) in [6, 6.07) is 5.24. The van der Waals surface area contributed by atoms with E-state index >= 15 is 0 Å². The van der Waals surface area contributed by atoms with E-state index < -0.39 is 0 Å². The van der Waals surface area contributed by atoms with Gasteiger partial charge in [-0.15, -0.1) is 0 Å². The average molecular weight is 264 g/mol. The zero-order valence-electron chi connectivity index (χ0n) is 12.0. The highest BCUT2D eigenvalue weighted by molar-refractivity contribution is 5.49. The minimum Gasteiger partial charge on any atom is -0.372 e. The number of rotatable bonds is 4. The summed E-state index contributed by atoms with van der Waals surface area (Å²) in [4.78, 5) is 2.05. The van der Waals surface area contributed by atoms with Gasteiger partial charge in [0.05, 0.1) is 5.69 Å². The first kappa shape index (κ1) is 14.3. The molecule has 19 heavy (non-hydrogen) atoms. The molecule has 1 fully saturated rings. The SMILES string of the molecule is CC(N)c1ccc(N(C)CC2CCCCC2)c(F)c1. The molecule has 1 saturated carbocycles. The van der Waals surface area contributed by atoms with Gasteiger partial charge in [0.15, 0.2) is 0 Å². The molecule has 1 atom stereocenters. The van der Waals surface area contributed by atoms with E-state index in [-0.39, 0.29) is 11.9 Å². The second kappa shape index (κ2) is 6.38. The van der Waals surface area contributed by atoms with Crippen molar-refractivity contribution in [2.75, 3.05) is 18.5 Å². The van der Waals surface area contributed by atoms with Crippen LogP contribution in [0.4, 0.5) is 10.1 Å². The van der Waals surface area contributed by atoms with Gasteiger partial charge in [0.2, 0.25) is 0 Å². The normalized spacial score (nSPS) is 18.3. The first-order valence-electron chi connectivity index (χ1n) is 7.34. The summed E-state index contributed by atoms with van der Waals surface area (Å²) >= 11 is 0. The molecule has 1 unspecified atom stereocenters. The standard InChI is InChI=1S/C16H25FN2/c1-12(18)14-8-9-16(15(17)10-14)19(2)11-13-6-4-3-5-7-13/h8-10,12-13H,3-7,11,18H2,1-2H3. The summed E-state index contributed by atoms with van der Waals surface area (Å²) in [5, 5.41) is 0. The molecule has 2 nitrogen and oxygen atoms in total. The maximum atomic E-state index is 14.1. The molecule has 1 aliphatic carbocycles. The fourth-order valence-corrected chi connectivity index (χ4v) is 2.97. The van der Waals surface area contributed by atoms with E-state index in [0.717, 1.165) is 12.1 Å². The van der Waals surface area contributed by atoms with E-state index in [2.05, 4.69) is 4.90 Å². The lowest BCUT2D eigenvalue weighted by Gasteiger charge is -2.28. The lowest BCUT2D eigenvalue weighted by atomic mass is 9.89. The van der Waals surface area contributed by atoms with Crippen LogP contribution in [0.1, 0.15) is 50.6 Å². The highest BCUT2D eigenvalue weighted by Crippen LogP contribution is 2.27. The smallest absolute Gasteiger partial charge is 0.146 e. The Balaban J connectivity index is 2.03. The van der Waals surface area contributed by atoms with Gasteiger partial charge in [-0.2, -0.15) is 0 Å². The Hall–Kier alpha value is -1.09. The zero-order chi connectivity index (χ0) is 13.8. The summed E-state index contributed by atoms with van der Waals surface area (Å²) in [6.45, 7) is 2.83. The summed E-state index contributed by atoms with van der Waals surface area (Å²) < 4.78 is 14.1. The van der Waals surface area contributed by atoms with Gasteiger partial charge in [-0.3, -0.25) is 0 Å². The number of hydrogen-bond donors (Lipinski definition) is 1. The Labute approximate surface area is 115 Å². The molecule has 2 rings (SSSR count). The number of benzene rings is 1. The Bertz CT molecular complexity index is 411. The molecule has 1 aliphatic rings. The first-order chi connectivity index (χ1) is 9.08. The number of nitrogens with two attached hydrogens (primary N) is 1. The predicted molar refractivity (Wildman–Crippen MR) is 78.8 cm³/mol. The van der Waals surface area contributed by atoms with Crippen LogP contribution >= 0.6 is 0 Å². The van der Waals surface area contributed by atoms with E-state index in [4.69, 9.17) is 5.73 Å². The second-order valence-corrected chi connectivity index (χ2v) is 5.88. The molecule has 1 aromatic rings. The quantitative estimate of drug-likeness (QED) is 0.894. The van der Waals surface area contributed by atoms with E-state index in [1.54, 1.807) is 6.07 Å². The third-order valence-electron chi connectivity index (χ3n) is 4.17. The van der Waals surface area contributed by atoms with Crippen LogP contribution in [0, 0.1) is 11.7 Å². The van der Waals surface area contributed by atoms with Gasteiger partial charge in [0.25, 0.3) is 0 Å². The van der Waals surface area contributed by atoms with Gasteiger partial charge in [0.1, 0.15) is 5.82 Å². The fourth-order valence-electron chi connectivity index (χ4n) is 2.97. The molecule has 0 heterocycles. The lowest BCUT2D eigenvalue weighted by Crippen LogP contribution is -2.27. The third kappa shape index (κ3) is 3.69. The largest absolute Gasteiger partial charge is 0.372 e. The molecular weight excluding hydrogens is 239 g/mol. The second-order valence-electron chi connectivity index (χ2n) is 5.88. The predicted octanol–water partition coefficient (Wildman–Crippen LogP) is 3.86. The van der Waals surface area contributed by atoms with Gasteiger partial charge in [-0.25, -0.2) is 4.39 Å². The number of hydrogen-bond acceptors (Lipinski definition) is 2. The molecule has 3 heteroatoms. The van der Waals surface area contributed by atoms with Crippen molar-refractivity contribution in [2.45, 2.75) is 45.1 Å². The average Bonchev–Trinajstić information content (AvgIpc) is 2.39. The van der Waals surface area contributed by atoms with Crippen molar-refractivity contribution in [1.29, 1.82) is 0 Å². The van der Waals surface area contributed by atoms with Crippen LogP contribution in [0.2, 0.25) is 0 Å². The van der Waals surface area contributed by atoms with Crippen LogP contribution in [-0.4, -0.2) is 13.6 Å². The Morgan fingerprint density at radius 1 is 1.32 bits per heavy atom. The van der Waals surface area contributed by atoms with Crippen molar-refractivity contribution in [3.05, 3.63) is 29.6 Å². The van der Waals surface area contributed by atoms with Crippen LogP contribution < -0.4 is 10.6 Å². The summed E-state index contributed by atoms with van der Waals surface area (Å²) in [6.07, 6.45) is 6.57. The van der Waals surface area contributed by atoms with Gasteiger partial charge in [0, 0.05) is 19.6 Å². The Kier molecular flexibility index (Phi) is 4.81. The van der Waals surface area contributed by atoms with Gasteiger partial charge in [-0.05, 0) is 43.4 Å². The highest BCUT2D eigenvalue weighted by atomic mass is 19.1. The maximum absolute atomic E-state index is 14.1. The van der Waals surface area contributed by atoms with Gasteiger partial charge < -0.3 is 10.6 Å². The van der Waals surface area contributed by atoms with Crippen molar-refractivity contribution in [2.24, 2.45) is 11.7 Å². The molecule has 1 aromatic carbocycles. The molecule has 0 aliphatic heterocycles. The molecule has 0 amide bonds. The summed E-state index contributed by atoms with van der Waals surface area (Å²) in [5.41, 5.74) is 7.32. The zero-order valence-corrected chi connectivity index (χ0v) is 12.0. The van der Waals surface area contributed by atoms with Crippen LogP contribution in [-0.2, 0) is 0 Å². The Morgan fingerprint density at radius 2 is 2.00 bits per heavy atom. The van der Waals surface area contributed by atoms with Crippen molar-refractivity contribution in [3.63, 3.8) is 0 Å². The third-order valence-corrected chi connectivity index (χ3v) is 4.17. The Morgan fingerprint density at radius 3 is 2.58 bits per heavy atom. The van der Waals surface area contributed by atoms with Crippen molar-refractivity contribution >= 4 is 5.69 Å². The minimum atomic E-state index is -0.159. The summed E-state index contributed by atoms with van der Waals surface area (Å²) in [7, 11) is 1.98. The van der Waals surface area contributed by atoms with E-state index in [1.807, 2.05) is 26.1 Å². The first-order valence-corrected chi connectivity index (χ1v) is 7.34. The molecule has 0 bridgehead atoms. The fraction of sp³-hybridized carbons (Fsp3) is 0.625. The lowest BCUT2D eigenvalue weighted by molar-refractivity contribution is 0.361. The highest BCUT2D eigenvalue weighted by Gasteiger charge is 2.17. The van der Waals surface area contributed by atoms with E-state index in [1.165, 1.54) is 32.1 Å². The van der Waals surface area contributed by atoms with Crippen molar-refractivity contribution < 1.29 is 4.39 Å². The number of halogens is 1. The molecule has 0 spiro atoms. The molecule has 106 valence electrons. The number of anilines is 1. The van der Waals surface area contributed by atoms with Crippen LogP contribution in [0.15, 0.2) is 18.2 Å². The van der Waals surface area contributed by atoms with Crippen molar-refractivity contribution in [1.82, 2.24) is 0 Å². The van der Waals surface area contributed by atoms with Crippen LogP contribution in [0.5, 0.6) is 0 Å². The molecule has 0 saturated heterocycles. The topological polar surface area (TPSA) is 29.3 Å². The van der Waals surface area contributed by atoms with Crippen LogP contribution in [0.25, 0.3) is 0 Å². The molecule has 2 N–H and O–H groups in total. The van der Waals surface area contributed by atoms with Gasteiger partial charge >= 0.3 is 0 Å². The molecule has 0 radical (unpaired) electrons. The van der Waals surface area contributed by atoms with Crippen LogP contribution in [0.3, 0.4) is 0 Å². The number of nitrogens with zero attached hydrogens (tertiary/aromatic N) is 1. The van der Waals surface area contributed by atoms with Gasteiger partial charge in [-0.1, -0.05) is 25.3 Å². The van der Waals surface area contributed by atoms with Crippen molar-refractivity contribution in [3.8, 4) is 0 Å². The molecular formula is C16H25FN2. The minimum absolute atomic E-state index is 0.118.